The lowest BCUT2D eigenvalue weighted by molar-refractivity contribution is 0.174. The lowest BCUT2D eigenvalue weighted by Gasteiger charge is -2.37. The molecule has 1 aliphatic carbocycles. The number of hydrogen-bond donors (Lipinski definition) is 0. The number of allylic oxidation sites excluding steroid dienone is 3. The van der Waals surface area contributed by atoms with Crippen molar-refractivity contribution in [2.24, 2.45) is 23.7 Å². The number of thioether (sulfide) groups is 1. The van der Waals surface area contributed by atoms with Crippen LogP contribution in [-0.2, 0) is 0 Å². The quantitative estimate of drug-likeness (QED) is 0.235. The fourth-order valence-electron chi connectivity index (χ4n) is 6.49. The Kier molecular flexibility index (Phi) is 11.2. The highest BCUT2D eigenvalue weighted by molar-refractivity contribution is 7.99. The fraction of sp³-hybridized carbons (Fsp3) is 0.867. The Balaban J connectivity index is 1.59. The van der Waals surface area contributed by atoms with E-state index in [-0.39, 0.29) is 0 Å². The molecule has 6 atom stereocenters. The smallest absolute Gasteiger partial charge is 0.0247 e. The molecule has 33 heavy (non-hydrogen) atoms. The van der Waals surface area contributed by atoms with Gasteiger partial charge < -0.3 is 4.90 Å². The first-order valence-electron chi connectivity index (χ1n) is 14.4. The first-order valence-corrected chi connectivity index (χ1v) is 15.4. The van der Waals surface area contributed by atoms with Crippen LogP contribution in [0, 0.1) is 23.7 Å². The Morgan fingerprint density at radius 1 is 1.18 bits per heavy atom. The molecule has 1 saturated heterocycles. The summed E-state index contributed by atoms with van der Waals surface area (Å²) in [6, 6.07) is 0.798. The van der Waals surface area contributed by atoms with Gasteiger partial charge in [0.15, 0.2) is 0 Å². The summed E-state index contributed by atoms with van der Waals surface area (Å²) in [6.07, 6.45) is 18.8. The molecule has 0 aromatic carbocycles. The zero-order chi connectivity index (χ0) is 23.8. The third kappa shape index (κ3) is 8.06. The van der Waals surface area contributed by atoms with Crippen LogP contribution in [0.4, 0.5) is 0 Å². The molecule has 0 saturated carbocycles. The van der Waals surface area contributed by atoms with Crippen LogP contribution in [0.1, 0.15) is 98.8 Å². The number of hydrogen-bond acceptors (Lipinski definition) is 3. The third-order valence-corrected chi connectivity index (χ3v) is 10.1. The maximum Gasteiger partial charge on any atom is 0.0247 e. The predicted octanol–water partition coefficient (Wildman–Crippen LogP) is 8.01. The maximum absolute atomic E-state index is 2.85. The molecule has 0 N–H and O–H groups in total. The summed E-state index contributed by atoms with van der Waals surface area (Å²) in [6.45, 7) is 15.9. The van der Waals surface area contributed by atoms with Gasteiger partial charge in [-0.25, -0.2) is 0 Å². The summed E-state index contributed by atoms with van der Waals surface area (Å²) in [5, 5.41) is 0.860. The average molecular weight is 475 g/mol. The van der Waals surface area contributed by atoms with E-state index in [1.54, 1.807) is 11.3 Å². The number of nitrogens with zero attached hydrogens (tertiary/aromatic N) is 2. The van der Waals surface area contributed by atoms with Gasteiger partial charge in [0.05, 0.1) is 0 Å². The molecular formula is C30H54N2S. The normalized spacial score (nSPS) is 28.3. The standard InChI is InChI=1S/C30H54N2S/c1-7-9-13-28(23(3)17-26-11-10-12-26)18-24(4)30-19-27(20-31(30)6)21-32(16-8-2)29-15-14-25(5)33-22-29/h11,19,23-25,27-29H,7-10,12-18,20-22H2,1-6H3/t23?,24?,25?,27?,28?,29-/m0/s1. The van der Waals surface area contributed by atoms with Gasteiger partial charge in [0.25, 0.3) is 0 Å². The van der Waals surface area contributed by atoms with Crippen molar-refractivity contribution in [2.45, 2.75) is 110 Å². The molecule has 3 rings (SSSR count). The summed E-state index contributed by atoms with van der Waals surface area (Å²) >= 11 is 2.20. The van der Waals surface area contributed by atoms with Crippen molar-refractivity contribution in [3.63, 3.8) is 0 Å². The molecule has 3 aliphatic rings. The van der Waals surface area contributed by atoms with Crippen LogP contribution in [0.3, 0.4) is 0 Å². The Bertz CT molecular complexity index is 633. The highest BCUT2D eigenvalue weighted by Crippen LogP contribution is 2.37. The average Bonchev–Trinajstić information content (AvgIpc) is 3.13. The van der Waals surface area contributed by atoms with Crippen LogP contribution in [0.25, 0.3) is 0 Å². The van der Waals surface area contributed by atoms with Gasteiger partial charge in [-0.3, -0.25) is 4.90 Å². The molecule has 190 valence electrons. The van der Waals surface area contributed by atoms with E-state index in [9.17, 15) is 0 Å². The topological polar surface area (TPSA) is 6.48 Å². The summed E-state index contributed by atoms with van der Waals surface area (Å²) in [4.78, 5) is 5.45. The largest absolute Gasteiger partial charge is 0.377 e. The van der Waals surface area contributed by atoms with Crippen LogP contribution >= 0.6 is 11.8 Å². The van der Waals surface area contributed by atoms with Gasteiger partial charge in [0.1, 0.15) is 0 Å². The third-order valence-electron chi connectivity index (χ3n) is 8.71. The maximum atomic E-state index is 2.85. The minimum atomic E-state index is 0.686. The molecule has 1 fully saturated rings. The fourth-order valence-corrected chi connectivity index (χ4v) is 7.72. The zero-order valence-electron chi connectivity index (χ0n) is 22.8. The first-order chi connectivity index (χ1) is 15.9. The second kappa shape index (κ2) is 13.6. The van der Waals surface area contributed by atoms with E-state index in [1.807, 2.05) is 0 Å². The molecule has 0 bridgehead atoms. The lowest BCUT2D eigenvalue weighted by atomic mass is 9.77. The summed E-state index contributed by atoms with van der Waals surface area (Å²) in [5.74, 6) is 4.43. The number of unbranched alkanes of at least 4 members (excludes halogenated alkanes) is 1. The molecule has 0 aromatic rings. The minimum absolute atomic E-state index is 0.686. The molecule has 2 heterocycles. The second-order valence-corrected chi connectivity index (χ2v) is 13.2. The van der Waals surface area contributed by atoms with Crippen molar-refractivity contribution >= 4 is 11.8 Å². The van der Waals surface area contributed by atoms with Crippen LogP contribution in [0.2, 0.25) is 0 Å². The van der Waals surface area contributed by atoms with Crippen LogP contribution in [-0.4, -0.2) is 53.5 Å². The Labute approximate surface area is 211 Å². The van der Waals surface area contributed by atoms with Gasteiger partial charge in [-0.2, -0.15) is 11.8 Å². The summed E-state index contributed by atoms with van der Waals surface area (Å²) in [7, 11) is 2.36. The van der Waals surface area contributed by atoms with E-state index in [0.29, 0.717) is 11.8 Å². The van der Waals surface area contributed by atoms with Crippen molar-refractivity contribution in [3.05, 3.63) is 23.4 Å². The Morgan fingerprint density at radius 2 is 1.97 bits per heavy atom. The molecule has 0 amide bonds. The van der Waals surface area contributed by atoms with E-state index < -0.39 is 0 Å². The van der Waals surface area contributed by atoms with Gasteiger partial charge in [-0.15, -0.1) is 0 Å². The SMILES string of the molecule is CCCCC(CC(C)C1=CC(CN(CCC)[C@H]2CCC(C)SC2)CN1C)C(C)CC1=CCC1. The van der Waals surface area contributed by atoms with Gasteiger partial charge in [0, 0.05) is 48.8 Å². The summed E-state index contributed by atoms with van der Waals surface area (Å²) in [5.41, 5.74) is 3.37. The molecule has 0 spiro atoms. The molecule has 0 aromatic heterocycles. The molecular weight excluding hydrogens is 420 g/mol. The van der Waals surface area contributed by atoms with E-state index in [1.165, 1.54) is 89.6 Å². The predicted molar refractivity (Wildman–Crippen MR) is 149 cm³/mol. The van der Waals surface area contributed by atoms with Crippen LogP contribution in [0.15, 0.2) is 23.4 Å². The molecule has 2 nitrogen and oxygen atoms in total. The Morgan fingerprint density at radius 3 is 2.58 bits per heavy atom. The molecule has 5 unspecified atom stereocenters. The van der Waals surface area contributed by atoms with Gasteiger partial charge in [-0.05, 0) is 69.2 Å². The van der Waals surface area contributed by atoms with Crippen molar-refractivity contribution in [1.29, 1.82) is 0 Å². The van der Waals surface area contributed by atoms with Crippen molar-refractivity contribution < 1.29 is 0 Å². The molecule has 0 radical (unpaired) electrons. The Hall–Kier alpha value is -0.410. The van der Waals surface area contributed by atoms with E-state index in [4.69, 9.17) is 0 Å². The first kappa shape index (κ1) is 27.2. The van der Waals surface area contributed by atoms with Gasteiger partial charge >= 0.3 is 0 Å². The molecule has 3 heteroatoms. The van der Waals surface area contributed by atoms with E-state index >= 15 is 0 Å². The molecule has 2 aliphatic heterocycles. The second-order valence-electron chi connectivity index (χ2n) is 11.7. The van der Waals surface area contributed by atoms with Crippen LogP contribution in [0.5, 0.6) is 0 Å². The summed E-state index contributed by atoms with van der Waals surface area (Å²) < 4.78 is 0. The number of rotatable bonds is 14. The lowest BCUT2D eigenvalue weighted by Crippen LogP contribution is -2.43. The highest BCUT2D eigenvalue weighted by Gasteiger charge is 2.31. The van der Waals surface area contributed by atoms with Crippen LogP contribution < -0.4 is 0 Å². The monoisotopic (exact) mass is 474 g/mol. The van der Waals surface area contributed by atoms with E-state index in [2.05, 4.69) is 75.4 Å². The highest BCUT2D eigenvalue weighted by atomic mass is 32.2. The van der Waals surface area contributed by atoms with Gasteiger partial charge in [0.2, 0.25) is 0 Å². The van der Waals surface area contributed by atoms with Crippen molar-refractivity contribution in [2.75, 3.05) is 32.4 Å². The zero-order valence-corrected chi connectivity index (χ0v) is 23.6. The van der Waals surface area contributed by atoms with Crippen molar-refractivity contribution in [3.8, 4) is 0 Å². The van der Waals surface area contributed by atoms with E-state index in [0.717, 1.165) is 23.1 Å². The van der Waals surface area contributed by atoms with Gasteiger partial charge in [-0.1, -0.05) is 71.6 Å². The van der Waals surface area contributed by atoms with Crippen molar-refractivity contribution in [1.82, 2.24) is 9.80 Å². The minimum Gasteiger partial charge on any atom is -0.377 e.